The van der Waals surface area contributed by atoms with E-state index in [2.05, 4.69) is 10.6 Å². The van der Waals surface area contributed by atoms with Gasteiger partial charge in [0.15, 0.2) is 0 Å². The molecule has 1 atom stereocenters. The summed E-state index contributed by atoms with van der Waals surface area (Å²) in [5.41, 5.74) is 0. The van der Waals surface area contributed by atoms with Gasteiger partial charge < -0.3 is 20.1 Å². The van der Waals surface area contributed by atoms with Crippen molar-refractivity contribution in [3.63, 3.8) is 0 Å². The Kier molecular flexibility index (Phi) is 6.31. The van der Waals surface area contributed by atoms with E-state index in [9.17, 15) is 4.79 Å². The maximum absolute atomic E-state index is 10.9. The van der Waals surface area contributed by atoms with E-state index in [1.54, 1.807) is 7.11 Å². The molecule has 1 rings (SSSR count). The first-order valence-electron chi connectivity index (χ1n) is 5.39. The molecule has 88 valence electrons. The Morgan fingerprint density at radius 2 is 2.33 bits per heavy atom. The minimum atomic E-state index is 0.142. The van der Waals surface area contributed by atoms with E-state index < -0.39 is 0 Å². The summed E-state index contributed by atoms with van der Waals surface area (Å²) in [5.74, 6) is 0.142. The third-order valence-electron chi connectivity index (χ3n) is 2.31. The van der Waals surface area contributed by atoms with Gasteiger partial charge in [-0.1, -0.05) is 0 Å². The first-order chi connectivity index (χ1) is 7.33. The highest BCUT2D eigenvalue weighted by Crippen LogP contribution is 1.98. The maximum atomic E-state index is 10.9. The van der Waals surface area contributed by atoms with Crippen LogP contribution >= 0.6 is 0 Å². The number of hydrogen-bond acceptors (Lipinski definition) is 4. The number of ether oxygens (including phenoxy) is 2. The summed E-state index contributed by atoms with van der Waals surface area (Å²) in [6.45, 7) is 3.69. The Hall–Kier alpha value is -0.650. The molecule has 1 aliphatic rings. The van der Waals surface area contributed by atoms with Gasteiger partial charge in [0.2, 0.25) is 5.91 Å². The van der Waals surface area contributed by atoms with Gasteiger partial charge in [0.1, 0.15) is 0 Å². The molecule has 0 bridgehead atoms. The summed E-state index contributed by atoms with van der Waals surface area (Å²) >= 11 is 0. The number of carbonyl (C=O) groups excluding carboxylic acids is 1. The van der Waals surface area contributed by atoms with Crippen molar-refractivity contribution < 1.29 is 14.3 Å². The molecule has 0 aromatic heterocycles. The van der Waals surface area contributed by atoms with Crippen molar-refractivity contribution in [1.29, 1.82) is 0 Å². The number of methoxy groups -OCH3 is 1. The van der Waals surface area contributed by atoms with Crippen molar-refractivity contribution in [3.05, 3.63) is 0 Å². The second-order valence-electron chi connectivity index (χ2n) is 3.62. The minimum Gasteiger partial charge on any atom is -0.382 e. The smallest absolute Gasteiger partial charge is 0.221 e. The van der Waals surface area contributed by atoms with Gasteiger partial charge in [-0.15, -0.1) is 0 Å². The molecule has 1 amide bonds. The molecule has 1 unspecified atom stereocenters. The van der Waals surface area contributed by atoms with E-state index in [-0.39, 0.29) is 5.91 Å². The van der Waals surface area contributed by atoms with Gasteiger partial charge in [-0.3, -0.25) is 4.79 Å². The average Bonchev–Trinajstić information content (AvgIpc) is 2.63. The molecule has 0 spiro atoms. The molecular formula is C10H20N2O3. The van der Waals surface area contributed by atoms with E-state index in [4.69, 9.17) is 9.47 Å². The van der Waals surface area contributed by atoms with Gasteiger partial charge >= 0.3 is 0 Å². The van der Waals surface area contributed by atoms with Crippen LogP contribution in [0.2, 0.25) is 0 Å². The number of carbonyl (C=O) groups is 1. The molecule has 0 aromatic carbocycles. The van der Waals surface area contributed by atoms with Crippen LogP contribution in [0.5, 0.6) is 0 Å². The first kappa shape index (κ1) is 12.4. The van der Waals surface area contributed by atoms with Crippen LogP contribution < -0.4 is 10.6 Å². The van der Waals surface area contributed by atoms with Gasteiger partial charge in [-0.25, -0.2) is 0 Å². The second-order valence-corrected chi connectivity index (χ2v) is 3.62. The third-order valence-corrected chi connectivity index (χ3v) is 2.31. The molecule has 0 aromatic rings. The van der Waals surface area contributed by atoms with Crippen molar-refractivity contribution in [3.8, 4) is 0 Å². The fourth-order valence-electron chi connectivity index (χ4n) is 1.47. The molecule has 0 aliphatic carbocycles. The highest BCUT2D eigenvalue weighted by molar-refractivity contribution is 5.78. The molecule has 15 heavy (non-hydrogen) atoms. The van der Waals surface area contributed by atoms with Crippen molar-refractivity contribution in [2.45, 2.75) is 18.9 Å². The van der Waals surface area contributed by atoms with E-state index in [0.717, 1.165) is 26.1 Å². The lowest BCUT2D eigenvalue weighted by Gasteiger charge is -2.09. The minimum absolute atomic E-state index is 0.142. The summed E-state index contributed by atoms with van der Waals surface area (Å²) in [7, 11) is 1.66. The quantitative estimate of drug-likeness (QED) is 0.538. The average molecular weight is 216 g/mol. The van der Waals surface area contributed by atoms with Crippen LogP contribution in [0.1, 0.15) is 12.8 Å². The summed E-state index contributed by atoms with van der Waals surface area (Å²) in [5, 5.41) is 6.10. The zero-order valence-corrected chi connectivity index (χ0v) is 9.25. The highest BCUT2D eigenvalue weighted by atomic mass is 16.5. The molecule has 2 N–H and O–H groups in total. The predicted octanol–water partition coefficient (Wildman–Crippen LogP) is -0.482. The largest absolute Gasteiger partial charge is 0.382 e. The number of rotatable bonds is 8. The number of nitrogens with one attached hydrogen (secondary N) is 2. The van der Waals surface area contributed by atoms with Crippen LogP contribution in [0.3, 0.4) is 0 Å². The molecule has 5 nitrogen and oxygen atoms in total. The second kappa shape index (κ2) is 7.62. The van der Waals surface area contributed by atoms with Crippen LogP contribution in [-0.2, 0) is 14.3 Å². The van der Waals surface area contributed by atoms with E-state index >= 15 is 0 Å². The summed E-state index contributed by atoms with van der Waals surface area (Å²) < 4.78 is 10.2. The van der Waals surface area contributed by atoms with Crippen LogP contribution in [0.25, 0.3) is 0 Å². The fraction of sp³-hybridized carbons (Fsp3) is 0.900. The van der Waals surface area contributed by atoms with E-state index in [0.29, 0.717) is 25.7 Å². The molecule has 0 saturated carbocycles. The van der Waals surface area contributed by atoms with Crippen molar-refractivity contribution in [1.82, 2.24) is 10.6 Å². The third kappa shape index (κ3) is 5.71. The van der Waals surface area contributed by atoms with Gasteiger partial charge in [0.05, 0.1) is 13.2 Å². The molecule has 5 heteroatoms. The topological polar surface area (TPSA) is 59.6 Å². The van der Waals surface area contributed by atoms with Crippen molar-refractivity contribution in [2.75, 3.05) is 40.0 Å². The first-order valence-corrected chi connectivity index (χ1v) is 5.39. The zero-order valence-electron chi connectivity index (χ0n) is 9.25. The van der Waals surface area contributed by atoms with Crippen LogP contribution in [0, 0.1) is 0 Å². The van der Waals surface area contributed by atoms with Gasteiger partial charge in [-0.05, 0) is 13.0 Å². The normalized spacial score (nSPS) is 20.6. The summed E-state index contributed by atoms with van der Waals surface area (Å²) in [6.07, 6.45) is 1.57. The van der Waals surface area contributed by atoms with Crippen LogP contribution in [0.15, 0.2) is 0 Å². The lowest BCUT2D eigenvalue weighted by Crippen LogP contribution is -2.32. The highest BCUT2D eigenvalue weighted by Gasteiger charge is 2.19. The molecule has 0 radical (unpaired) electrons. The van der Waals surface area contributed by atoms with Gasteiger partial charge in [-0.2, -0.15) is 0 Å². The SMILES string of the molecule is COCCOCCCNC1CNC(=O)C1. The van der Waals surface area contributed by atoms with Crippen molar-refractivity contribution in [2.24, 2.45) is 0 Å². The Morgan fingerprint density at radius 1 is 1.47 bits per heavy atom. The molecule has 1 aliphatic heterocycles. The molecule has 1 heterocycles. The maximum Gasteiger partial charge on any atom is 0.221 e. The molecular weight excluding hydrogens is 196 g/mol. The number of amides is 1. The lowest BCUT2D eigenvalue weighted by molar-refractivity contribution is -0.119. The Bertz CT molecular complexity index is 188. The van der Waals surface area contributed by atoms with Gasteiger partial charge in [0, 0.05) is 32.7 Å². The van der Waals surface area contributed by atoms with E-state index in [1.165, 1.54) is 0 Å². The zero-order chi connectivity index (χ0) is 10.9. The van der Waals surface area contributed by atoms with Crippen LogP contribution in [0.4, 0.5) is 0 Å². The van der Waals surface area contributed by atoms with Gasteiger partial charge in [0.25, 0.3) is 0 Å². The fourth-order valence-corrected chi connectivity index (χ4v) is 1.47. The summed E-state index contributed by atoms with van der Waals surface area (Å²) in [4.78, 5) is 10.9. The molecule has 1 fully saturated rings. The van der Waals surface area contributed by atoms with Crippen LogP contribution in [-0.4, -0.2) is 52.0 Å². The number of hydrogen-bond donors (Lipinski definition) is 2. The Labute approximate surface area is 90.5 Å². The standard InChI is InChI=1S/C10H20N2O3/c1-14-5-6-15-4-2-3-11-9-7-10(13)12-8-9/h9,11H,2-8H2,1H3,(H,12,13). The molecule has 1 saturated heterocycles. The Balaban J connectivity index is 1.83. The lowest BCUT2D eigenvalue weighted by atomic mass is 10.2. The Morgan fingerprint density at radius 3 is 3.00 bits per heavy atom. The van der Waals surface area contributed by atoms with E-state index in [1.807, 2.05) is 0 Å². The van der Waals surface area contributed by atoms with Crippen molar-refractivity contribution >= 4 is 5.91 Å². The predicted molar refractivity (Wildman–Crippen MR) is 56.7 cm³/mol. The monoisotopic (exact) mass is 216 g/mol. The summed E-state index contributed by atoms with van der Waals surface area (Å²) in [6, 6.07) is 0.302.